The largest absolute Gasteiger partial charge is 0.461 e. The third kappa shape index (κ3) is 5.06. The number of aliphatic hydroxyl groups excluding tert-OH is 2. The van der Waals surface area contributed by atoms with Crippen molar-refractivity contribution >= 4 is 5.78 Å². The molecule has 7 heteroatoms. The number of carbonyl (C=O) groups is 1. The van der Waals surface area contributed by atoms with Crippen LogP contribution in [0, 0.1) is 33.5 Å². The predicted octanol–water partition coefficient (Wildman–Crippen LogP) is 6.34. The van der Waals surface area contributed by atoms with Crippen LogP contribution < -0.4 is 0 Å². The van der Waals surface area contributed by atoms with E-state index in [-0.39, 0.29) is 41.2 Å². The molecule has 47 heavy (non-hydrogen) atoms. The van der Waals surface area contributed by atoms with Crippen molar-refractivity contribution in [1.82, 2.24) is 4.90 Å². The summed E-state index contributed by atoms with van der Waals surface area (Å²) in [6.07, 6.45) is 14.0. The molecule has 254 valence electrons. The van der Waals surface area contributed by atoms with Crippen LogP contribution in [0.2, 0.25) is 0 Å². The third-order valence-corrected chi connectivity index (χ3v) is 13.6. The fraction of sp³-hybridized carbons (Fsp3) is 0.625. The predicted molar refractivity (Wildman–Crippen MR) is 180 cm³/mol. The van der Waals surface area contributed by atoms with E-state index in [9.17, 15) is 20.1 Å². The molecule has 0 saturated heterocycles. The number of furan rings is 1. The first-order valence-electron chi connectivity index (χ1n) is 17.9. The second-order valence-corrected chi connectivity index (χ2v) is 16.0. The molecule has 6 aliphatic rings. The average Bonchev–Trinajstić information content (AvgIpc) is 3.68. The van der Waals surface area contributed by atoms with Crippen LogP contribution in [0.3, 0.4) is 0 Å². The normalized spacial score (nSPS) is 39.3. The summed E-state index contributed by atoms with van der Waals surface area (Å²) in [6, 6.07) is 13.5. The first-order valence-corrected chi connectivity index (χ1v) is 17.9. The lowest BCUT2D eigenvalue weighted by molar-refractivity contribution is -0.177. The van der Waals surface area contributed by atoms with E-state index in [0.29, 0.717) is 38.3 Å². The summed E-state index contributed by atoms with van der Waals surface area (Å²) in [5.74, 6) is 0.613. The summed E-state index contributed by atoms with van der Waals surface area (Å²) in [4.78, 5) is 16.6. The van der Waals surface area contributed by atoms with Gasteiger partial charge in [-0.2, -0.15) is 0 Å². The van der Waals surface area contributed by atoms with Crippen LogP contribution in [0.5, 0.6) is 0 Å². The highest BCUT2D eigenvalue weighted by molar-refractivity contribution is 6.08. The highest BCUT2D eigenvalue weighted by atomic mass is 16.5. The van der Waals surface area contributed by atoms with Crippen molar-refractivity contribution in [2.24, 2.45) is 33.5 Å². The molecule has 9 atom stereocenters. The molecule has 8 rings (SSSR count). The van der Waals surface area contributed by atoms with E-state index >= 15 is 0 Å². The number of Topliss-reactive ketones (excluding diaryl/α,β-unsaturated/α-hetero) is 1. The van der Waals surface area contributed by atoms with Gasteiger partial charge in [0.1, 0.15) is 0 Å². The van der Waals surface area contributed by atoms with Crippen molar-refractivity contribution in [1.29, 1.82) is 0 Å². The van der Waals surface area contributed by atoms with Gasteiger partial charge in [-0.1, -0.05) is 69.3 Å². The third-order valence-electron chi connectivity index (χ3n) is 13.6. The van der Waals surface area contributed by atoms with Crippen molar-refractivity contribution in [3.63, 3.8) is 0 Å². The molecule has 3 fully saturated rings. The summed E-state index contributed by atoms with van der Waals surface area (Å²) in [5.41, 5.74) is -0.475. The molecule has 7 nitrogen and oxygen atoms in total. The van der Waals surface area contributed by atoms with E-state index in [4.69, 9.17) is 9.15 Å². The second-order valence-electron chi connectivity index (χ2n) is 16.0. The van der Waals surface area contributed by atoms with Gasteiger partial charge in [-0.25, -0.2) is 0 Å². The zero-order chi connectivity index (χ0) is 33.1. The van der Waals surface area contributed by atoms with Gasteiger partial charge < -0.3 is 24.5 Å². The fourth-order valence-electron chi connectivity index (χ4n) is 11.3. The molecule has 9 unspecified atom stereocenters. The maximum Gasteiger partial charge on any atom is 0.224 e. The van der Waals surface area contributed by atoms with Crippen molar-refractivity contribution < 1.29 is 29.3 Å². The molecule has 2 bridgehead atoms. The zero-order valence-corrected chi connectivity index (χ0v) is 28.4. The van der Waals surface area contributed by atoms with Crippen molar-refractivity contribution in [3.05, 3.63) is 83.9 Å². The molecule has 3 saturated carbocycles. The van der Waals surface area contributed by atoms with Gasteiger partial charge >= 0.3 is 0 Å². The van der Waals surface area contributed by atoms with Crippen molar-refractivity contribution in [2.75, 3.05) is 26.2 Å². The number of rotatable bonds is 12. The zero-order valence-electron chi connectivity index (χ0n) is 28.4. The molecule has 0 aliphatic heterocycles. The first kappa shape index (κ1) is 33.0. The molecular formula is C40H53NO6. The number of allylic oxidation sites excluding steroid dienone is 4. The van der Waals surface area contributed by atoms with E-state index in [0.717, 1.165) is 56.2 Å². The quantitative estimate of drug-likeness (QED) is 0.183. The number of benzene rings is 1. The van der Waals surface area contributed by atoms with Crippen LogP contribution in [0.1, 0.15) is 88.3 Å². The lowest BCUT2D eigenvalue weighted by atomic mass is 9.32. The highest BCUT2D eigenvalue weighted by Crippen LogP contribution is 2.78. The Morgan fingerprint density at radius 2 is 1.77 bits per heavy atom. The Morgan fingerprint density at radius 1 is 1.02 bits per heavy atom. The van der Waals surface area contributed by atoms with Gasteiger partial charge in [0, 0.05) is 34.9 Å². The maximum absolute atomic E-state index is 14.4. The number of aliphatic hydroxyl groups is 3. The van der Waals surface area contributed by atoms with Crippen LogP contribution in [-0.4, -0.2) is 70.1 Å². The first-order chi connectivity index (χ1) is 22.5. The molecule has 3 N–H and O–H groups in total. The number of ketones is 1. The van der Waals surface area contributed by atoms with Crippen LogP contribution in [0.25, 0.3) is 0 Å². The molecule has 6 aliphatic carbocycles. The van der Waals surface area contributed by atoms with Crippen LogP contribution in [-0.2, 0) is 11.3 Å². The maximum atomic E-state index is 14.4. The minimum Gasteiger partial charge on any atom is -0.461 e. The van der Waals surface area contributed by atoms with E-state index in [2.05, 4.69) is 43.9 Å². The lowest BCUT2D eigenvalue weighted by Gasteiger charge is -2.71. The van der Waals surface area contributed by atoms with E-state index in [1.165, 1.54) is 0 Å². The minimum absolute atomic E-state index is 0.0586. The summed E-state index contributed by atoms with van der Waals surface area (Å²) < 4.78 is 11.6. The van der Waals surface area contributed by atoms with Gasteiger partial charge in [0.2, 0.25) is 5.78 Å². The Kier molecular flexibility index (Phi) is 8.49. The Balaban J connectivity index is 1.17. The summed E-state index contributed by atoms with van der Waals surface area (Å²) in [6.45, 7) is 9.19. The number of carbonyl (C=O) groups excluding carboxylic acids is 1. The van der Waals surface area contributed by atoms with Crippen LogP contribution in [0.15, 0.2) is 76.9 Å². The highest BCUT2D eigenvalue weighted by Gasteiger charge is 2.74. The summed E-state index contributed by atoms with van der Waals surface area (Å²) >= 11 is 0. The average molecular weight is 644 g/mol. The molecule has 1 heterocycles. The molecule has 2 aromatic rings. The van der Waals surface area contributed by atoms with Gasteiger partial charge in [0.05, 0.1) is 37.3 Å². The summed E-state index contributed by atoms with van der Waals surface area (Å²) in [7, 11) is 0. The monoisotopic (exact) mass is 643 g/mol. The molecule has 1 aromatic heterocycles. The molecule has 0 radical (unpaired) electrons. The van der Waals surface area contributed by atoms with Gasteiger partial charge in [0.25, 0.3) is 0 Å². The van der Waals surface area contributed by atoms with Crippen molar-refractivity contribution in [2.45, 2.75) is 96.6 Å². The smallest absolute Gasteiger partial charge is 0.224 e. The number of hydrogen-bond donors (Lipinski definition) is 3. The molecule has 1 aromatic carbocycles. The number of hydrogen-bond acceptors (Lipinski definition) is 7. The van der Waals surface area contributed by atoms with Gasteiger partial charge in [-0.15, -0.1) is 0 Å². The topological polar surface area (TPSA) is 103 Å². The van der Waals surface area contributed by atoms with E-state index < -0.39 is 22.5 Å². The van der Waals surface area contributed by atoms with Gasteiger partial charge in [-0.05, 0) is 92.9 Å². The van der Waals surface area contributed by atoms with Gasteiger partial charge in [-0.3, -0.25) is 9.69 Å². The minimum atomic E-state index is -0.973. The number of ether oxygens (including phenoxy) is 1. The second kappa shape index (κ2) is 12.1. The Morgan fingerprint density at radius 3 is 2.51 bits per heavy atom. The standard InChI is InChI=1S/C40H53NO6/c1-4-20-41(24-30(43)26-46-25-28-9-6-5-7-10-28)27-39(45)17-14-34-37(39,3)16-13-33-36(2)15-12-29(42)22-38(36)18-19-40(33,34)31(23-38)35(44)32-11-8-21-47-32/h5-11,18-19,21,23,29-30,33-34,42-43,45H,4,12-17,20,22,24-27H2,1-3H3. The Bertz CT molecular complexity index is 1500. The fourth-order valence-corrected chi connectivity index (χ4v) is 11.3. The SMILES string of the molecule is CCCN(CC(O)COCc1ccccc1)CC1(O)CCC2C34C=CC5(C=C3C(=O)c3ccco3)CC(O)CCC5(C)C4CCC21C. The lowest BCUT2D eigenvalue weighted by Crippen LogP contribution is -2.67. The summed E-state index contributed by atoms with van der Waals surface area (Å²) in [5, 5.41) is 34.7. The number of fused-ring (bicyclic) bond motifs is 1. The van der Waals surface area contributed by atoms with Crippen molar-refractivity contribution in [3.8, 4) is 0 Å². The Labute approximate surface area is 279 Å². The molecule has 2 spiro atoms. The van der Waals surface area contributed by atoms with Crippen LogP contribution >= 0.6 is 0 Å². The molecular weight excluding hydrogens is 590 g/mol. The van der Waals surface area contributed by atoms with E-state index in [1.807, 2.05) is 30.3 Å². The number of nitrogens with zero attached hydrogens (tertiary/aromatic N) is 1. The Hall–Kier alpha value is -2.55. The van der Waals surface area contributed by atoms with E-state index in [1.54, 1.807) is 18.4 Å². The molecule has 0 amide bonds. The van der Waals surface area contributed by atoms with Crippen LogP contribution in [0.4, 0.5) is 0 Å². The van der Waals surface area contributed by atoms with Gasteiger partial charge in [0.15, 0.2) is 5.76 Å².